The molecule has 0 aliphatic heterocycles. The maximum absolute atomic E-state index is 3.66. The molecule has 1 rings (SSSR count). The minimum absolute atomic E-state index is 0. The minimum Gasteiger partial charge on any atom is -0.388 e. The van der Waals surface area contributed by atoms with Gasteiger partial charge in [0.05, 0.1) is 10.3 Å². The van der Waals surface area contributed by atoms with Gasteiger partial charge >= 0.3 is 0 Å². The molecule has 0 aromatic carbocycles. The minimum atomic E-state index is -0.688. The van der Waals surface area contributed by atoms with Gasteiger partial charge in [-0.3, -0.25) is 5.32 Å². The van der Waals surface area contributed by atoms with E-state index in [0.717, 1.165) is 6.42 Å². The van der Waals surface area contributed by atoms with Crippen molar-refractivity contribution in [3.05, 3.63) is 23.9 Å². The molecule has 0 spiro atoms. The van der Waals surface area contributed by atoms with Crippen molar-refractivity contribution in [1.29, 1.82) is 0 Å². The fourth-order valence-corrected chi connectivity index (χ4v) is 9.52. The standard InChI is InChI=1S/C16H31N2P.Pd/c1-14(2,3)19(15(4,5)6)16(18-8)11-9-13(17-7)10-12-16;/h9-11,17-18H,12H2,1-8H3;/p+1. The third-order valence-corrected chi connectivity index (χ3v) is 8.39. The molecule has 0 radical (unpaired) electrons. The van der Waals surface area contributed by atoms with E-state index in [2.05, 4.69) is 77.5 Å². The van der Waals surface area contributed by atoms with E-state index in [1.165, 1.54) is 5.70 Å². The Bertz CT molecular complexity index is 363. The van der Waals surface area contributed by atoms with Crippen LogP contribution in [0.4, 0.5) is 0 Å². The molecule has 1 atom stereocenters. The molecule has 4 heteroatoms. The number of nitrogens with one attached hydrogen (secondary N) is 2. The van der Waals surface area contributed by atoms with Crippen LogP contribution in [0.15, 0.2) is 23.9 Å². The second-order valence-electron chi connectivity index (χ2n) is 7.54. The van der Waals surface area contributed by atoms with Crippen LogP contribution in [-0.4, -0.2) is 29.7 Å². The van der Waals surface area contributed by atoms with Gasteiger partial charge in [-0.25, -0.2) is 0 Å². The Morgan fingerprint density at radius 1 is 1.05 bits per heavy atom. The van der Waals surface area contributed by atoms with Crippen LogP contribution in [0.3, 0.4) is 0 Å². The second kappa shape index (κ2) is 7.06. The Morgan fingerprint density at radius 2 is 1.55 bits per heavy atom. The Labute approximate surface area is 140 Å². The molecule has 0 aromatic heterocycles. The number of hydrogen-bond donors (Lipinski definition) is 2. The number of allylic oxidation sites excluding steroid dienone is 1. The first kappa shape index (κ1) is 20.3. The van der Waals surface area contributed by atoms with Crippen LogP contribution in [0.2, 0.25) is 0 Å². The van der Waals surface area contributed by atoms with Gasteiger partial charge in [0, 0.05) is 47.5 Å². The summed E-state index contributed by atoms with van der Waals surface area (Å²) < 4.78 is 0. The number of rotatable bonds is 3. The summed E-state index contributed by atoms with van der Waals surface area (Å²) in [4.78, 5) is 0. The van der Waals surface area contributed by atoms with Gasteiger partial charge in [0.1, 0.15) is 0 Å². The van der Waals surface area contributed by atoms with Gasteiger partial charge in [-0.1, -0.05) is 6.08 Å². The van der Waals surface area contributed by atoms with Gasteiger partial charge in [0.25, 0.3) is 0 Å². The molecular formula is C16H32N2PPd+. The molecule has 0 bridgehead atoms. The summed E-state index contributed by atoms with van der Waals surface area (Å²) in [7, 11) is 3.42. The van der Waals surface area contributed by atoms with Crippen LogP contribution in [-0.2, 0) is 20.4 Å². The van der Waals surface area contributed by atoms with E-state index in [9.17, 15) is 0 Å². The van der Waals surface area contributed by atoms with E-state index >= 15 is 0 Å². The van der Waals surface area contributed by atoms with Gasteiger partial charge in [-0.2, -0.15) is 0 Å². The summed E-state index contributed by atoms with van der Waals surface area (Å²) in [5.74, 6) is 0. The predicted molar refractivity (Wildman–Crippen MR) is 90.5 cm³/mol. The monoisotopic (exact) mass is 389 g/mol. The molecule has 2 nitrogen and oxygen atoms in total. The van der Waals surface area contributed by atoms with Gasteiger partial charge in [0.15, 0.2) is 5.28 Å². The van der Waals surface area contributed by atoms with Crippen LogP contribution in [0.5, 0.6) is 0 Å². The van der Waals surface area contributed by atoms with E-state index in [1.807, 2.05) is 7.05 Å². The predicted octanol–water partition coefficient (Wildman–Crippen LogP) is 3.77. The smallest absolute Gasteiger partial charge is 0.150 e. The first-order valence-corrected chi connectivity index (χ1v) is 8.71. The first-order chi connectivity index (χ1) is 8.57. The van der Waals surface area contributed by atoms with Crippen LogP contribution >= 0.6 is 7.92 Å². The molecule has 1 unspecified atom stereocenters. The quantitative estimate of drug-likeness (QED) is 0.567. The molecule has 0 aromatic rings. The Balaban J connectivity index is 0.00000361. The fourth-order valence-electron chi connectivity index (χ4n) is 3.78. The average Bonchev–Trinajstić information content (AvgIpc) is 2.26. The van der Waals surface area contributed by atoms with Crippen molar-refractivity contribution in [3.8, 4) is 0 Å². The summed E-state index contributed by atoms with van der Waals surface area (Å²) in [6.45, 7) is 14.4. The molecule has 0 fully saturated rings. The van der Waals surface area contributed by atoms with Crippen molar-refractivity contribution < 1.29 is 20.4 Å². The van der Waals surface area contributed by atoms with E-state index < -0.39 is 7.92 Å². The molecule has 1 aliphatic carbocycles. The Morgan fingerprint density at radius 3 is 1.80 bits per heavy atom. The maximum atomic E-state index is 3.66. The molecule has 120 valence electrons. The van der Waals surface area contributed by atoms with Crippen molar-refractivity contribution in [3.63, 3.8) is 0 Å². The van der Waals surface area contributed by atoms with Gasteiger partial charge in [0.2, 0.25) is 0 Å². The Hall–Kier alpha value is 0.332. The zero-order valence-corrected chi connectivity index (χ0v) is 16.8. The van der Waals surface area contributed by atoms with E-state index in [1.54, 1.807) is 0 Å². The van der Waals surface area contributed by atoms with Crippen LogP contribution in [0.1, 0.15) is 48.0 Å². The average molecular weight is 390 g/mol. The van der Waals surface area contributed by atoms with E-state index in [4.69, 9.17) is 0 Å². The second-order valence-corrected chi connectivity index (χ2v) is 12.2. The zero-order chi connectivity index (χ0) is 14.9. The molecule has 2 N–H and O–H groups in total. The molecule has 0 saturated heterocycles. The SMILES string of the molecule is CNC1=CCC(NC)([PH+](C(C)(C)C)C(C)(C)C)C=C1.[Pd]. The third kappa shape index (κ3) is 4.41. The third-order valence-electron chi connectivity index (χ3n) is 3.87. The summed E-state index contributed by atoms with van der Waals surface area (Å²) in [5, 5.41) is 7.74. The molecule has 0 saturated carbocycles. The zero-order valence-electron chi connectivity index (χ0n) is 14.3. The van der Waals surface area contributed by atoms with E-state index in [0.29, 0.717) is 10.3 Å². The topological polar surface area (TPSA) is 24.1 Å². The maximum Gasteiger partial charge on any atom is 0.150 e. The summed E-state index contributed by atoms with van der Waals surface area (Å²) in [5.41, 5.74) is 1.23. The summed E-state index contributed by atoms with van der Waals surface area (Å²) in [6, 6.07) is 0. The van der Waals surface area contributed by atoms with Crippen molar-refractivity contribution >= 4 is 7.92 Å². The fraction of sp³-hybridized carbons (Fsp3) is 0.750. The summed E-state index contributed by atoms with van der Waals surface area (Å²) >= 11 is 0. The molecule has 0 amide bonds. The van der Waals surface area contributed by atoms with Crippen LogP contribution < -0.4 is 10.6 Å². The Kier molecular flexibility index (Phi) is 7.18. The van der Waals surface area contributed by atoms with Crippen LogP contribution in [0.25, 0.3) is 0 Å². The van der Waals surface area contributed by atoms with Gasteiger partial charge in [-0.05, 0) is 60.7 Å². The number of hydrogen-bond acceptors (Lipinski definition) is 2. The van der Waals surface area contributed by atoms with Gasteiger partial charge in [-0.15, -0.1) is 0 Å². The van der Waals surface area contributed by atoms with E-state index in [-0.39, 0.29) is 25.7 Å². The molecular weight excluding hydrogens is 358 g/mol. The van der Waals surface area contributed by atoms with Crippen molar-refractivity contribution in [2.75, 3.05) is 14.1 Å². The molecule has 20 heavy (non-hydrogen) atoms. The van der Waals surface area contributed by atoms with Crippen molar-refractivity contribution in [2.24, 2.45) is 0 Å². The van der Waals surface area contributed by atoms with Crippen molar-refractivity contribution in [1.82, 2.24) is 10.6 Å². The summed E-state index contributed by atoms with van der Waals surface area (Å²) in [6.07, 6.45) is 8.06. The normalized spacial score (nSPS) is 23.4. The molecule has 0 heterocycles. The van der Waals surface area contributed by atoms with Crippen molar-refractivity contribution in [2.45, 2.75) is 63.6 Å². The number of likely N-dealkylation sites (N-methyl/N-ethyl adjacent to an activating group) is 2. The van der Waals surface area contributed by atoms with Gasteiger partial charge < -0.3 is 5.32 Å². The largest absolute Gasteiger partial charge is 0.388 e. The molecule has 1 aliphatic rings. The van der Waals surface area contributed by atoms with Crippen LogP contribution in [0, 0.1) is 0 Å². The first-order valence-electron chi connectivity index (χ1n) is 7.21.